The quantitative estimate of drug-likeness (QED) is 0.444. The van der Waals surface area contributed by atoms with Crippen molar-refractivity contribution in [1.29, 1.82) is 0 Å². The van der Waals surface area contributed by atoms with Gasteiger partial charge in [-0.3, -0.25) is 0 Å². The van der Waals surface area contributed by atoms with E-state index >= 15 is 0 Å². The molecule has 0 bridgehead atoms. The molecule has 2 aromatic carbocycles. The van der Waals surface area contributed by atoms with E-state index in [9.17, 15) is 4.79 Å². The molecule has 24 heavy (non-hydrogen) atoms. The van der Waals surface area contributed by atoms with E-state index in [1.54, 1.807) is 19.2 Å². The second-order valence-electron chi connectivity index (χ2n) is 4.71. The first kappa shape index (κ1) is 17.3. The summed E-state index contributed by atoms with van der Waals surface area (Å²) in [4.78, 5) is 16.7. The highest BCUT2D eigenvalue weighted by Crippen LogP contribution is 2.27. The Labute approximate surface area is 140 Å². The van der Waals surface area contributed by atoms with E-state index in [1.807, 2.05) is 36.4 Å². The maximum Gasteiger partial charge on any atom is 0.360 e. The highest BCUT2D eigenvalue weighted by Gasteiger charge is 2.19. The van der Waals surface area contributed by atoms with E-state index < -0.39 is 5.97 Å². The Bertz CT molecular complexity index is 727. The molecular formula is C18H19NO5. The summed E-state index contributed by atoms with van der Waals surface area (Å²) in [5.74, 6) is 0.661. The van der Waals surface area contributed by atoms with Crippen molar-refractivity contribution in [3.8, 4) is 11.5 Å². The number of para-hydroxylation sites is 2. The molecule has 0 aliphatic rings. The number of methoxy groups -OCH3 is 2. The molecule has 0 heterocycles. The van der Waals surface area contributed by atoms with Crippen molar-refractivity contribution in [2.75, 3.05) is 21.3 Å². The minimum atomic E-state index is -0.582. The fourth-order valence-corrected chi connectivity index (χ4v) is 2.16. The molecule has 2 rings (SSSR count). The van der Waals surface area contributed by atoms with Gasteiger partial charge in [0, 0.05) is 5.56 Å². The predicted molar refractivity (Wildman–Crippen MR) is 89.3 cm³/mol. The average Bonchev–Trinajstić information content (AvgIpc) is 2.64. The van der Waals surface area contributed by atoms with Gasteiger partial charge in [-0.25, -0.2) is 4.79 Å². The average molecular weight is 329 g/mol. The molecule has 0 spiro atoms. The van der Waals surface area contributed by atoms with Crippen molar-refractivity contribution in [3.05, 3.63) is 59.7 Å². The molecule has 126 valence electrons. The molecule has 0 aromatic heterocycles. The summed E-state index contributed by atoms with van der Waals surface area (Å²) >= 11 is 0. The lowest BCUT2D eigenvalue weighted by molar-refractivity contribution is -0.132. The van der Waals surface area contributed by atoms with Crippen LogP contribution < -0.4 is 9.47 Å². The van der Waals surface area contributed by atoms with Gasteiger partial charge >= 0.3 is 5.97 Å². The van der Waals surface area contributed by atoms with E-state index in [4.69, 9.17) is 19.0 Å². The SMILES string of the molecule is CON=C(C(=O)OC)c1ccccc1COc1ccccc1OC. The van der Waals surface area contributed by atoms with E-state index in [2.05, 4.69) is 5.16 Å². The number of benzene rings is 2. The van der Waals surface area contributed by atoms with Crippen LogP contribution in [0.15, 0.2) is 53.7 Å². The Hall–Kier alpha value is -3.02. The Balaban J connectivity index is 2.29. The number of esters is 1. The minimum absolute atomic E-state index is 0.0826. The third-order valence-electron chi connectivity index (χ3n) is 3.29. The molecule has 0 aliphatic heterocycles. The van der Waals surface area contributed by atoms with Gasteiger partial charge in [-0.2, -0.15) is 0 Å². The van der Waals surface area contributed by atoms with Gasteiger partial charge in [0.1, 0.15) is 13.7 Å². The largest absolute Gasteiger partial charge is 0.493 e. The summed E-state index contributed by atoms with van der Waals surface area (Å²) in [6, 6.07) is 14.6. The van der Waals surface area contributed by atoms with Crippen LogP contribution in [-0.4, -0.2) is 33.0 Å². The van der Waals surface area contributed by atoms with E-state index in [0.29, 0.717) is 17.1 Å². The number of ether oxygens (including phenoxy) is 3. The van der Waals surface area contributed by atoms with Crippen LogP contribution in [0, 0.1) is 0 Å². The molecule has 0 N–H and O–H groups in total. The first-order chi connectivity index (χ1) is 11.7. The Morgan fingerprint density at radius 3 is 2.29 bits per heavy atom. The molecule has 6 heteroatoms. The lowest BCUT2D eigenvalue weighted by Crippen LogP contribution is -2.19. The lowest BCUT2D eigenvalue weighted by Gasteiger charge is -2.13. The zero-order chi connectivity index (χ0) is 17.4. The van der Waals surface area contributed by atoms with Gasteiger partial charge in [0.15, 0.2) is 17.2 Å². The van der Waals surface area contributed by atoms with Gasteiger partial charge in [0.25, 0.3) is 0 Å². The summed E-state index contributed by atoms with van der Waals surface area (Å²) < 4.78 is 15.8. The first-order valence-electron chi connectivity index (χ1n) is 7.24. The minimum Gasteiger partial charge on any atom is -0.493 e. The maximum absolute atomic E-state index is 11.9. The summed E-state index contributed by atoms with van der Waals surface area (Å²) in [7, 11) is 4.25. The number of carbonyl (C=O) groups is 1. The van der Waals surface area contributed by atoms with Crippen LogP contribution in [0.5, 0.6) is 11.5 Å². The van der Waals surface area contributed by atoms with E-state index in [1.165, 1.54) is 14.2 Å². The van der Waals surface area contributed by atoms with E-state index in [-0.39, 0.29) is 12.3 Å². The van der Waals surface area contributed by atoms with Gasteiger partial charge in [-0.05, 0) is 17.7 Å². The van der Waals surface area contributed by atoms with Crippen LogP contribution in [-0.2, 0) is 21.0 Å². The van der Waals surface area contributed by atoms with Crippen LogP contribution in [0.1, 0.15) is 11.1 Å². The highest BCUT2D eigenvalue weighted by molar-refractivity contribution is 6.43. The van der Waals surface area contributed by atoms with Gasteiger partial charge in [-0.1, -0.05) is 41.6 Å². The number of rotatable bonds is 7. The van der Waals surface area contributed by atoms with Crippen LogP contribution in [0.3, 0.4) is 0 Å². The molecule has 0 fully saturated rings. The van der Waals surface area contributed by atoms with Crippen molar-refractivity contribution in [2.24, 2.45) is 5.16 Å². The van der Waals surface area contributed by atoms with Crippen molar-refractivity contribution in [3.63, 3.8) is 0 Å². The maximum atomic E-state index is 11.9. The topological polar surface area (TPSA) is 66.4 Å². The predicted octanol–water partition coefficient (Wildman–Crippen LogP) is 2.80. The third kappa shape index (κ3) is 4.04. The molecule has 0 saturated carbocycles. The van der Waals surface area contributed by atoms with Crippen molar-refractivity contribution in [2.45, 2.75) is 6.61 Å². The van der Waals surface area contributed by atoms with Crippen molar-refractivity contribution < 1.29 is 23.8 Å². The van der Waals surface area contributed by atoms with Gasteiger partial charge in [0.2, 0.25) is 0 Å². The zero-order valence-electron chi connectivity index (χ0n) is 13.8. The van der Waals surface area contributed by atoms with Crippen LogP contribution >= 0.6 is 0 Å². The second-order valence-corrected chi connectivity index (χ2v) is 4.71. The monoisotopic (exact) mass is 329 g/mol. The zero-order valence-corrected chi connectivity index (χ0v) is 13.8. The molecule has 0 amide bonds. The Morgan fingerprint density at radius 1 is 0.958 bits per heavy atom. The molecule has 0 aliphatic carbocycles. The van der Waals surface area contributed by atoms with Crippen LogP contribution in [0.2, 0.25) is 0 Å². The van der Waals surface area contributed by atoms with Crippen molar-refractivity contribution >= 4 is 11.7 Å². The summed E-state index contributed by atoms with van der Waals surface area (Å²) in [6.07, 6.45) is 0. The number of carbonyl (C=O) groups excluding carboxylic acids is 1. The third-order valence-corrected chi connectivity index (χ3v) is 3.29. The summed E-state index contributed by atoms with van der Waals surface area (Å²) in [6.45, 7) is 0.232. The molecular weight excluding hydrogens is 310 g/mol. The standard InChI is InChI=1S/C18H19NO5/c1-21-15-10-6-7-11-16(15)24-12-13-8-4-5-9-14(13)17(19-23-3)18(20)22-2/h4-11H,12H2,1-3H3. The van der Waals surface area contributed by atoms with Gasteiger partial charge in [0.05, 0.1) is 14.2 Å². The summed E-state index contributed by atoms with van der Waals surface area (Å²) in [5, 5.41) is 3.78. The number of oxime groups is 1. The fraction of sp³-hybridized carbons (Fsp3) is 0.222. The molecule has 0 radical (unpaired) electrons. The Morgan fingerprint density at radius 2 is 1.62 bits per heavy atom. The van der Waals surface area contributed by atoms with E-state index in [0.717, 1.165) is 5.56 Å². The van der Waals surface area contributed by atoms with Crippen molar-refractivity contribution in [1.82, 2.24) is 0 Å². The van der Waals surface area contributed by atoms with Gasteiger partial charge in [-0.15, -0.1) is 0 Å². The molecule has 0 saturated heterocycles. The first-order valence-corrected chi connectivity index (χ1v) is 7.24. The van der Waals surface area contributed by atoms with Crippen LogP contribution in [0.4, 0.5) is 0 Å². The number of nitrogens with zero attached hydrogens (tertiary/aromatic N) is 1. The lowest BCUT2D eigenvalue weighted by atomic mass is 10.0. The normalized spacial score (nSPS) is 10.9. The summed E-state index contributed by atoms with van der Waals surface area (Å²) in [5.41, 5.74) is 1.44. The number of hydrogen-bond acceptors (Lipinski definition) is 6. The molecule has 0 unspecified atom stereocenters. The van der Waals surface area contributed by atoms with Crippen LogP contribution in [0.25, 0.3) is 0 Å². The van der Waals surface area contributed by atoms with Gasteiger partial charge < -0.3 is 19.0 Å². The Kier molecular flexibility index (Phi) is 6.19. The molecule has 2 aromatic rings. The smallest absolute Gasteiger partial charge is 0.360 e. The highest BCUT2D eigenvalue weighted by atomic mass is 16.6. The number of hydrogen-bond donors (Lipinski definition) is 0. The fourth-order valence-electron chi connectivity index (χ4n) is 2.16. The molecule has 6 nitrogen and oxygen atoms in total. The molecule has 0 atom stereocenters. The second kappa shape index (κ2) is 8.57.